The van der Waals surface area contributed by atoms with Crippen molar-refractivity contribution in [1.82, 2.24) is 15.0 Å². The second-order valence-corrected chi connectivity index (χ2v) is 7.02. The molecule has 0 saturated carbocycles. The topological polar surface area (TPSA) is 88.0 Å². The van der Waals surface area contributed by atoms with Gasteiger partial charge in [-0.2, -0.15) is 26.3 Å². The van der Waals surface area contributed by atoms with Gasteiger partial charge < -0.3 is 10.4 Å². The number of fused-ring (bicyclic) bond motifs is 1. The molecule has 12 heteroatoms. The van der Waals surface area contributed by atoms with E-state index >= 15 is 0 Å². The van der Waals surface area contributed by atoms with Crippen LogP contribution in [-0.2, 0) is 12.4 Å². The Morgan fingerprint density at radius 2 is 1.53 bits per heavy atom. The summed E-state index contributed by atoms with van der Waals surface area (Å²) < 4.78 is 78.7. The number of carboxylic acids is 1. The average molecular weight is 478 g/mol. The lowest BCUT2D eigenvalue weighted by molar-refractivity contribution is -0.138. The first kappa shape index (κ1) is 23.0. The molecule has 0 bridgehead atoms. The maximum Gasteiger partial charge on any atom is 0.418 e. The van der Waals surface area contributed by atoms with Crippen LogP contribution in [0.4, 0.5) is 37.7 Å². The zero-order valence-electron chi connectivity index (χ0n) is 16.7. The number of benzene rings is 1. The first-order valence-electron chi connectivity index (χ1n) is 9.45. The number of halogens is 6. The highest BCUT2D eigenvalue weighted by molar-refractivity contribution is 5.92. The van der Waals surface area contributed by atoms with Gasteiger partial charge in [0, 0.05) is 17.3 Å². The molecular formula is C22H12F6N4O2. The zero-order chi connectivity index (χ0) is 24.7. The molecule has 0 radical (unpaired) electrons. The number of pyridine rings is 3. The molecule has 6 nitrogen and oxygen atoms in total. The molecule has 1 aromatic carbocycles. The maximum absolute atomic E-state index is 13.5. The third-order valence-electron chi connectivity index (χ3n) is 4.76. The highest BCUT2D eigenvalue weighted by Crippen LogP contribution is 2.37. The average Bonchev–Trinajstić information content (AvgIpc) is 2.77. The zero-order valence-corrected chi connectivity index (χ0v) is 16.7. The molecule has 4 aromatic rings. The predicted molar refractivity (Wildman–Crippen MR) is 109 cm³/mol. The van der Waals surface area contributed by atoms with Gasteiger partial charge in [-0.1, -0.05) is 0 Å². The second kappa shape index (κ2) is 8.28. The van der Waals surface area contributed by atoms with E-state index in [0.717, 1.165) is 18.2 Å². The Bertz CT molecular complexity index is 1390. The van der Waals surface area contributed by atoms with Crippen LogP contribution in [0.1, 0.15) is 21.6 Å². The van der Waals surface area contributed by atoms with Gasteiger partial charge in [-0.25, -0.2) is 19.7 Å². The lowest BCUT2D eigenvalue weighted by Crippen LogP contribution is -2.12. The van der Waals surface area contributed by atoms with E-state index in [4.69, 9.17) is 5.11 Å². The van der Waals surface area contributed by atoms with Crippen LogP contribution < -0.4 is 5.32 Å². The van der Waals surface area contributed by atoms with Gasteiger partial charge in [-0.3, -0.25) is 0 Å². The molecular weight excluding hydrogens is 466 g/mol. The summed E-state index contributed by atoms with van der Waals surface area (Å²) in [7, 11) is 0. The predicted octanol–water partition coefficient (Wildman–Crippen LogP) is 6.17. The monoisotopic (exact) mass is 478 g/mol. The number of nitrogens with one attached hydrogen (secondary N) is 1. The van der Waals surface area contributed by atoms with E-state index < -0.39 is 40.8 Å². The van der Waals surface area contributed by atoms with Gasteiger partial charge in [-0.15, -0.1) is 0 Å². The quantitative estimate of drug-likeness (QED) is 0.341. The smallest absolute Gasteiger partial charge is 0.418 e. The van der Waals surface area contributed by atoms with Crippen LogP contribution in [0.3, 0.4) is 0 Å². The molecule has 0 atom stereocenters. The molecule has 0 aliphatic rings. The van der Waals surface area contributed by atoms with Gasteiger partial charge in [0.1, 0.15) is 11.4 Å². The highest BCUT2D eigenvalue weighted by Gasteiger charge is 2.35. The van der Waals surface area contributed by atoms with E-state index in [1.165, 1.54) is 36.5 Å². The van der Waals surface area contributed by atoms with Gasteiger partial charge >= 0.3 is 18.3 Å². The minimum Gasteiger partial charge on any atom is -0.477 e. The Hall–Kier alpha value is -4.22. The van der Waals surface area contributed by atoms with Crippen LogP contribution in [0.2, 0.25) is 0 Å². The van der Waals surface area contributed by atoms with Crippen molar-refractivity contribution < 1.29 is 36.2 Å². The summed E-state index contributed by atoms with van der Waals surface area (Å²) in [5.74, 6) is -1.50. The summed E-state index contributed by atoms with van der Waals surface area (Å²) in [5, 5.41) is 12.4. The number of rotatable bonds is 4. The largest absolute Gasteiger partial charge is 0.477 e. The molecule has 0 unspecified atom stereocenters. The van der Waals surface area contributed by atoms with Crippen LogP contribution in [0.15, 0.2) is 60.8 Å². The molecule has 174 valence electrons. The number of aromatic carboxylic acids is 1. The van der Waals surface area contributed by atoms with E-state index in [0.29, 0.717) is 22.8 Å². The van der Waals surface area contributed by atoms with Gasteiger partial charge in [0.2, 0.25) is 0 Å². The van der Waals surface area contributed by atoms with Crippen molar-refractivity contribution in [3.05, 3.63) is 77.6 Å². The number of hydrogen-bond acceptors (Lipinski definition) is 5. The van der Waals surface area contributed by atoms with Crippen molar-refractivity contribution in [3.8, 4) is 11.4 Å². The lowest BCUT2D eigenvalue weighted by atomic mass is 10.1. The molecule has 3 aromatic heterocycles. The molecule has 0 fully saturated rings. The number of carboxylic acid groups (broad SMARTS) is 1. The van der Waals surface area contributed by atoms with Crippen molar-refractivity contribution in [2.75, 3.05) is 5.32 Å². The third-order valence-corrected chi connectivity index (χ3v) is 4.76. The number of hydrogen-bond donors (Lipinski definition) is 2. The van der Waals surface area contributed by atoms with Crippen LogP contribution in [0.5, 0.6) is 0 Å². The second-order valence-electron chi connectivity index (χ2n) is 7.02. The number of anilines is 2. The molecule has 3 heterocycles. The minimum atomic E-state index is -4.81. The van der Waals surface area contributed by atoms with Crippen molar-refractivity contribution in [2.24, 2.45) is 0 Å². The van der Waals surface area contributed by atoms with Crippen LogP contribution in [0, 0.1) is 0 Å². The summed E-state index contributed by atoms with van der Waals surface area (Å²) in [6.07, 6.45) is -7.98. The van der Waals surface area contributed by atoms with Crippen molar-refractivity contribution >= 4 is 28.4 Å². The fourth-order valence-corrected chi connectivity index (χ4v) is 3.17. The standard InChI is InChI=1S/C22H12F6N4O2/c23-21(24,25)11-1-3-12(4-2-11)30-15-9-10-29-19-13(15)5-7-16(32-19)18-14(22(26,27)28)6-8-17(31-18)20(33)34/h1-10H,(H,33,34)(H,29,30,32). The number of aromatic nitrogens is 3. The first-order valence-corrected chi connectivity index (χ1v) is 9.45. The third kappa shape index (κ3) is 4.60. The van der Waals surface area contributed by atoms with Crippen molar-refractivity contribution in [3.63, 3.8) is 0 Å². The number of alkyl halides is 6. The van der Waals surface area contributed by atoms with Crippen LogP contribution >= 0.6 is 0 Å². The molecule has 34 heavy (non-hydrogen) atoms. The number of nitrogens with zero attached hydrogens (tertiary/aromatic N) is 3. The highest BCUT2D eigenvalue weighted by atomic mass is 19.4. The maximum atomic E-state index is 13.5. The molecule has 4 rings (SSSR count). The van der Waals surface area contributed by atoms with E-state index in [1.807, 2.05) is 0 Å². The summed E-state index contributed by atoms with van der Waals surface area (Å²) in [6.45, 7) is 0. The number of carbonyl (C=O) groups is 1. The van der Waals surface area contributed by atoms with Crippen molar-refractivity contribution in [2.45, 2.75) is 12.4 Å². The van der Waals surface area contributed by atoms with E-state index in [-0.39, 0.29) is 11.3 Å². The van der Waals surface area contributed by atoms with Crippen LogP contribution in [-0.4, -0.2) is 26.0 Å². The molecule has 2 N–H and O–H groups in total. The lowest BCUT2D eigenvalue weighted by Gasteiger charge is -2.14. The van der Waals surface area contributed by atoms with Gasteiger partial charge in [0.15, 0.2) is 5.65 Å². The Morgan fingerprint density at radius 1 is 0.824 bits per heavy atom. The Labute approximate surface area is 186 Å². The first-order chi connectivity index (χ1) is 15.9. The Balaban J connectivity index is 1.75. The van der Waals surface area contributed by atoms with Crippen LogP contribution in [0.25, 0.3) is 22.4 Å². The van der Waals surface area contributed by atoms with E-state index in [1.54, 1.807) is 0 Å². The Morgan fingerprint density at radius 3 is 2.15 bits per heavy atom. The van der Waals surface area contributed by atoms with E-state index in [9.17, 15) is 31.1 Å². The molecule has 0 amide bonds. The van der Waals surface area contributed by atoms with Gasteiger partial charge in [0.05, 0.1) is 22.5 Å². The molecule has 0 saturated heterocycles. The van der Waals surface area contributed by atoms with E-state index in [2.05, 4.69) is 20.3 Å². The molecule has 0 aliphatic heterocycles. The summed E-state index contributed by atoms with van der Waals surface area (Å²) >= 11 is 0. The fourth-order valence-electron chi connectivity index (χ4n) is 3.17. The summed E-state index contributed by atoms with van der Waals surface area (Å²) in [4.78, 5) is 23.0. The summed E-state index contributed by atoms with van der Waals surface area (Å²) in [5.41, 5.74) is -2.74. The Kier molecular flexibility index (Phi) is 5.59. The molecule has 0 spiro atoms. The minimum absolute atomic E-state index is 0.0186. The fraction of sp³-hybridized carbons (Fsp3) is 0.0909. The SMILES string of the molecule is O=C(O)c1ccc(C(F)(F)F)c(-c2ccc3c(Nc4ccc(C(F)(F)F)cc4)ccnc3n2)n1. The summed E-state index contributed by atoms with van der Waals surface area (Å²) in [6, 6.07) is 9.79. The van der Waals surface area contributed by atoms with Gasteiger partial charge in [-0.05, 0) is 54.6 Å². The molecule has 0 aliphatic carbocycles. The van der Waals surface area contributed by atoms with Crippen molar-refractivity contribution in [1.29, 1.82) is 0 Å². The van der Waals surface area contributed by atoms with Gasteiger partial charge in [0.25, 0.3) is 0 Å². The normalized spacial score (nSPS) is 12.1.